The Morgan fingerprint density at radius 2 is 1.35 bits per heavy atom. The van der Waals surface area contributed by atoms with Crippen LogP contribution in [0.1, 0.15) is 5.56 Å². The fourth-order valence-electron chi connectivity index (χ4n) is 1.72. The van der Waals surface area contributed by atoms with Gasteiger partial charge >= 0.3 is 6.18 Å². The minimum absolute atomic E-state index is 0.0310. The maximum absolute atomic E-state index is 13.3. The van der Waals surface area contributed by atoms with E-state index in [2.05, 4.69) is 0 Å². The van der Waals surface area contributed by atoms with Crippen LogP contribution in [0.2, 0.25) is 15.1 Å². The monoisotopic (exact) mass is 342 g/mol. The summed E-state index contributed by atoms with van der Waals surface area (Å²) in [5, 5.41) is 0.0873. The molecule has 2 aromatic carbocycles. The Morgan fingerprint density at radius 1 is 0.750 bits per heavy atom. The third-order valence-electron chi connectivity index (χ3n) is 2.59. The van der Waals surface area contributed by atoms with E-state index in [0.717, 1.165) is 12.1 Å². The number of hydrogen-bond donors (Lipinski definition) is 0. The fourth-order valence-corrected chi connectivity index (χ4v) is 2.36. The molecular formula is C13H5Cl3F4. The zero-order valence-corrected chi connectivity index (χ0v) is 11.8. The predicted molar refractivity (Wildman–Crippen MR) is 71.9 cm³/mol. The van der Waals surface area contributed by atoms with E-state index in [9.17, 15) is 17.6 Å². The molecule has 0 nitrogen and oxygen atoms in total. The molecule has 0 amide bonds. The molecule has 2 aromatic rings. The summed E-state index contributed by atoms with van der Waals surface area (Å²) in [5.41, 5.74) is -1.42. The van der Waals surface area contributed by atoms with Crippen LogP contribution < -0.4 is 0 Å². The van der Waals surface area contributed by atoms with Crippen LogP contribution in [-0.2, 0) is 6.18 Å². The first-order valence-corrected chi connectivity index (χ1v) is 6.35. The molecule has 0 unspecified atom stereocenters. The molecule has 0 fully saturated rings. The lowest BCUT2D eigenvalue weighted by molar-refractivity contribution is -0.137. The third-order valence-corrected chi connectivity index (χ3v) is 3.62. The van der Waals surface area contributed by atoms with E-state index < -0.39 is 17.6 Å². The minimum Gasteiger partial charge on any atom is -0.207 e. The fraction of sp³-hybridized carbons (Fsp3) is 0.0769. The van der Waals surface area contributed by atoms with Gasteiger partial charge in [-0.25, -0.2) is 4.39 Å². The summed E-state index contributed by atoms with van der Waals surface area (Å²) >= 11 is 17.4. The SMILES string of the molecule is Fc1ccc(C(F)(F)F)c(-c2cc(Cl)c(Cl)cc2Cl)c1. The van der Waals surface area contributed by atoms with E-state index >= 15 is 0 Å². The number of benzene rings is 2. The van der Waals surface area contributed by atoms with E-state index in [1.165, 1.54) is 12.1 Å². The molecular weight excluding hydrogens is 338 g/mol. The summed E-state index contributed by atoms with van der Waals surface area (Å²) < 4.78 is 52.1. The minimum atomic E-state index is -4.64. The summed E-state index contributed by atoms with van der Waals surface area (Å²) in [7, 11) is 0. The van der Waals surface area contributed by atoms with Gasteiger partial charge in [0.1, 0.15) is 5.82 Å². The van der Waals surface area contributed by atoms with Crippen molar-refractivity contribution in [2.24, 2.45) is 0 Å². The van der Waals surface area contributed by atoms with E-state index in [-0.39, 0.29) is 26.2 Å². The van der Waals surface area contributed by atoms with Crippen molar-refractivity contribution in [1.82, 2.24) is 0 Å². The topological polar surface area (TPSA) is 0 Å². The summed E-state index contributed by atoms with van der Waals surface area (Å²) in [6, 6.07) is 4.54. The van der Waals surface area contributed by atoms with Gasteiger partial charge in [0.15, 0.2) is 0 Å². The van der Waals surface area contributed by atoms with Crippen LogP contribution in [0.25, 0.3) is 11.1 Å². The molecule has 0 saturated heterocycles. The van der Waals surface area contributed by atoms with Crippen molar-refractivity contribution in [1.29, 1.82) is 0 Å². The molecule has 0 heterocycles. The van der Waals surface area contributed by atoms with Crippen LogP contribution in [0, 0.1) is 5.82 Å². The molecule has 0 aromatic heterocycles. The smallest absolute Gasteiger partial charge is 0.207 e. The van der Waals surface area contributed by atoms with Gasteiger partial charge in [-0.05, 0) is 35.9 Å². The third kappa shape index (κ3) is 3.03. The molecule has 0 N–H and O–H groups in total. The summed E-state index contributed by atoms with van der Waals surface area (Å²) in [5.74, 6) is -0.810. The second-order valence-corrected chi connectivity index (χ2v) is 5.16. The second kappa shape index (κ2) is 5.43. The first-order valence-electron chi connectivity index (χ1n) is 5.22. The zero-order chi connectivity index (χ0) is 15.1. The number of alkyl halides is 3. The van der Waals surface area contributed by atoms with Gasteiger partial charge in [0.05, 0.1) is 15.6 Å². The van der Waals surface area contributed by atoms with Crippen molar-refractivity contribution >= 4 is 34.8 Å². The highest BCUT2D eigenvalue weighted by Gasteiger charge is 2.34. The highest BCUT2D eigenvalue weighted by molar-refractivity contribution is 6.44. The van der Waals surface area contributed by atoms with Crippen molar-refractivity contribution in [2.45, 2.75) is 6.18 Å². The Labute approximate surface area is 126 Å². The molecule has 0 radical (unpaired) electrons. The number of halogens is 7. The second-order valence-electron chi connectivity index (χ2n) is 3.93. The highest BCUT2D eigenvalue weighted by Crippen LogP contribution is 2.42. The summed E-state index contributed by atoms with van der Waals surface area (Å²) in [6.45, 7) is 0. The molecule has 20 heavy (non-hydrogen) atoms. The molecule has 0 spiro atoms. The quantitative estimate of drug-likeness (QED) is 0.411. The zero-order valence-electron chi connectivity index (χ0n) is 9.53. The van der Waals surface area contributed by atoms with E-state index in [4.69, 9.17) is 34.8 Å². The lowest BCUT2D eigenvalue weighted by Crippen LogP contribution is -2.07. The van der Waals surface area contributed by atoms with Crippen molar-refractivity contribution in [3.63, 3.8) is 0 Å². The first kappa shape index (κ1) is 15.4. The Kier molecular flexibility index (Phi) is 4.19. The molecule has 0 bridgehead atoms. The van der Waals surface area contributed by atoms with Gasteiger partial charge < -0.3 is 0 Å². The summed E-state index contributed by atoms with van der Waals surface area (Å²) in [6.07, 6.45) is -4.64. The predicted octanol–water partition coefficient (Wildman–Crippen LogP) is 6.47. The van der Waals surface area contributed by atoms with Gasteiger partial charge in [0.2, 0.25) is 0 Å². The van der Waals surface area contributed by atoms with Gasteiger partial charge in [0.25, 0.3) is 0 Å². The van der Waals surface area contributed by atoms with Crippen LogP contribution >= 0.6 is 34.8 Å². The van der Waals surface area contributed by atoms with Gasteiger partial charge in [-0.1, -0.05) is 34.8 Å². The highest BCUT2D eigenvalue weighted by atomic mass is 35.5. The Morgan fingerprint density at radius 3 is 1.95 bits per heavy atom. The molecule has 7 heteroatoms. The molecule has 0 aliphatic carbocycles. The van der Waals surface area contributed by atoms with Crippen LogP contribution in [0.5, 0.6) is 0 Å². The molecule has 0 atom stereocenters. The van der Waals surface area contributed by atoms with Crippen LogP contribution in [0.3, 0.4) is 0 Å². The maximum atomic E-state index is 13.3. The normalized spacial score (nSPS) is 11.8. The van der Waals surface area contributed by atoms with E-state index in [0.29, 0.717) is 6.07 Å². The molecule has 0 saturated carbocycles. The van der Waals surface area contributed by atoms with Crippen molar-refractivity contribution < 1.29 is 17.6 Å². The molecule has 2 rings (SSSR count). The van der Waals surface area contributed by atoms with Crippen LogP contribution in [0.15, 0.2) is 30.3 Å². The number of hydrogen-bond acceptors (Lipinski definition) is 0. The Balaban J connectivity index is 2.75. The first-order chi connectivity index (χ1) is 9.20. The van der Waals surface area contributed by atoms with Gasteiger partial charge in [0, 0.05) is 10.6 Å². The van der Waals surface area contributed by atoms with E-state index in [1.54, 1.807) is 0 Å². The Bertz CT molecular complexity index is 665. The van der Waals surface area contributed by atoms with Gasteiger partial charge in [-0.2, -0.15) is 13.2 Å². The summed E-state index contributed by atoms with van der Waals surface area (Å²) in [4.78, 5) is 0. The molecule has 106 valence electrons. The lowest BCUT2D eigenvalue weighted by Gasteiger charge is -2.14. The lowest BCUT2D eigenvalue weighted by atomic mass is 9.99. The largest absolute Gasteiger partial charge is 0.417 e. The van der Waals surface area contributed by atoms with Crippen molar-refractivity contribution in [3.8, 4) is 11.1 Å². The standard InChI is InChI=1S/C13H5Cl3F4/c14-10-5-12(16)11(15)4-8(10)7-3-6(17)1-2-9(7)13(18,19)20/h1-5H. The average Bonchev–Trinajstić information content (AvgIpc) is 2.32. The van der Waals surface area contributed by atoms with Crippen molar-refractivity contribution in [2.75, 3.05) is 0 Å². The van der Waals surface area contributed by atoms with E-state index in [1.807, 2.05) is 0 Å². The Hall–Kier alpha value is -0.970. The van der Waals surface area contributed by atoms with Crippen molar-refractivity contribution in [3.05, 3.63) is 56.8 Å². The maximum Gasteiger partial charge on any atom is 0.417 e. The molecule has 0 aliphatic rings. The van der Waals surface area contributed by atoms with Crippen LogP contribution in [0.4, 0.5) is 17.6 Å². The molecule has 0 aliphatic heterocycles. The average molecular weight is 344 g/mol. The number of rotatable bonds is 1. The van der Waals surface area contributed by atoms with Gasteiger partial charge in [-0.3, -0.25) is 0 Å². The van der Waals surface area contributed by atoms with Gasteiger partial charge in [-0.15, -0.1) is 0 Å². The van der Waals surface area contributed by atoms with Crippen LogP contribution in [-0.4, -0.2) is 0 Å².